The van der Waals surface area contributed by atoms with Gasteiger partial charge in [-0.2, -0.15) is 0 Å². The molecule has 4 rings (SSSR count). The molecule has 0 aromatic heterocycles. The van der Waals surface area contributed by atoms with Crippen molar-refractivity contribution >= 4 is 18.3 Å². The second-order valence-electron chi connectivity index (χ2n) is 5.71. The molecule has 0 atom stereocenters. The van der Waals surface area contributed by atoms with Gasteiger partial charge in [0.05, 0.1) is 6.04 Å². The van der Waals surface area contributed by atoms with Gasteiger partial charge in [0.15, 0.2) is 0 Å². The molecule has 0 unspecified atom stereocenters. The van der Waals surface area contributed by atoms with Crippen LogP contribution in [0.4, 0.5) is 5.69 Å². The monoisotopic (exact) mass is 301 g/mol. The Morgan fingerprint density at radius 3 is 1.83 bits per heavy atom. The zero-order valence-electron chi connectivity index (χ0n) is 12.5. The maximum Gasteiger partial charge on any atom is 0.490 e. The standard InChI is InChI=1S/C19H16BNO2/c22-20(23)17-11-5-6-12-18(17)21-19-15-9-3-1-7-13(15)14-8-2-4-10-16(14)19/h1-12,19,21-23H. The van der Waals surface area contributed by atoms with E-state index in [0.717, 1.165) is 5.69 Å². The average Bonchev–Trinajstić information content (AvgIpc) is 2.90. The molecule has 0 amide bonds. The van der Waals surface area contributed by atoms with Crippen LogP contribution in [-0.2, 0) is 0 Å². The van der Waals surface area contributed by atoms with Crippen LogP contribution in [0.2, 0.25) is 0 Å². The third-order valence-corrected chi connectivity index (χ3v) is 4.37. The van der Waals surface area contributed by atoms with Crippen molar-refractivity contribution in [3.8, 4) is 11.1 Å². The van der Waals surface area contributed by atoms with Crippen LogP contribution in [0.15, 0.2) is 72.8 Å². The molecule has 3 aromatic rings. The number of anilines is 1. The summed E-state index contributed by atoms with van der Waals surface area (Å²) in [4.78, 5) is 0. The van der Waals surface area contributed by atoms with Crippen molar-refractivity contribution in [1.29, 1.82) is 0 Å². The third-order valence-electron chi connectivity index (χ3n) is 4.37. The van der Waals surface area contributed by atoms with Crippen LogP contribution in [-0.4, -0.2) is 17.2 Å². The lowest BCUT2D eigenvalue weighted by Crippen LogP contribution is -2.32. The molecule has 1 aliphatic rings. The molecule has 3 aromatic carbocycles. The fourth-order valence-corrected chi connectivity index (χ4v) is 3.32. The molecule has 23 heavy (non-hydrogen) atoms. The summed E-state index contributed by atoms with van der Waals surface area (Å²) in [6.45, 7) is 0. The van der Waals surface area contributed by atoms with Crippen molar-refractivity contribution in [3.05, 3.63) is 83.9 Å². The molecular formula is C19H16BNO2. The van der Waals surface area contributed by atoms with Gasteiger partial charge >= 0.3 is 7.12 Å². The van der Waals surface area contributed by atoms with Gasteiger partial charge in [0.2, 0.25) is 0 Å². The van der Waals surface area contributed by atoms with Crippen molar-refractivity contribution in [2.75, 3.05) is 5.32 Å². The summed E-state index contributed by atoms with van der Waals surface area (Å²) < 4.78 is 0. The van der Waals surface area contributed by atoms with Gasteiger partial charge in [-0.05, 0) is 28.3 Å². The first-order valence-electron chi connectivity index (χ1n) is 7.65. The molecule has 1 aliphatic carbocycles. The van der Waals surface area contributed by atoms with Gasteiger partial charge in [-0.3, -0.25) is 0 Å². The first-order valence-corrected chi connectivity index (χ1v) is 7.65. The average molecular weight is 301 g/mol. The van der Waals surface area contributed by atoms with E-state index in [1.165, 1.54) is 22.3 Å². The van der Waals surface area contributed by atoms with Gasteiger partial charge in [0.25, 0.3) is 0 Å². The zero-order valence-corrected chi connectivity index (χ0v) is 12.5. The maximum atomic E-state index is 9.58. The van der Waals surface area contributed by atoms with Gasteiger partial charge in [-0.1, -0.05) is 66.7 Å². The van der Waals surface area contributed by atoms with Gasteiger partial charge in [0, 0.05) is 11.2 Å². The Morgan fingerprint density at radius 1 is 0.696 bits per heavy atom. The highest BCUT2D eigenvalue weighted by Crippen LogP contribution is 2.44. The number of nitrogens with one attached hydrogen (secondary N) is 1. The van der Waals surface area contributed by atoms with Crippen molar-refractivity contribution < 1.29 is 10.0 Å². The largest absolute Gasteiger partial charge is 0.490 e. The Morgan fingerprint density at radius 2 is 1.22 bits per heavy atom. The summed E-state index contributed by atoms with van der Waals surface area (Å²) in [5.74, 6) is 0. The van der Waals surface area contributed by atoms with Crippen LogP contribution in [0.3, 0.4) is 0 Å². The summed E-state index contributed by atoms with van der Waals surface area (Å²) >= 11 is 0. The number of hydrogen-bond donors (Lipinski definition) is 3. The predicted molar refractivity (Wildman–Crippen MR) is 93.6 cm³/mol. The van der Waals surface area contributed by atoms with E-state index in [-0.39, 0.29) is 6.04 Å². The highest BCUT2D eigenvalue weighted by atomic mass is 16.4. The molecule has 112 valence electrons. The summed E-state index contributed by atoms with van der Waals surface area (Å²) in [5.41, 5.74) is 6.07. The molecule has 0 heterocycles. The number of benzene rings is 3. The molecule has 4 heteroatoms. The van der Waals surface area contributed by atoms with E-state index < -0.39 is 7.12 Å². The van der Waals surface area contributed by atoms with Gasteiger partial charge in [-0.25, -0.2) is 0 Å². The van der Waals surface area contributed by atoms with Crippen molar-refractivity contribution in [1.82, 2.24) is 0 Å². The Balaban J connectivity index is 1.81. The Hall–Kier alpha value is -2.56. The normalized spacial score (nSPS) is 12.6. The fourth-order valence-electron chi connectivity index (χ4n) is 3.32. The number of rotatable bonds is 3. The van der Waals surface area contributed by atoms with E-state index in [1.54, 1.807) is 12.1 Å². The third kappa shape index (κ3) is 2.33. The first kappa shape index (κ1) is 14.1. The minimum Gasteiger partial charge on any atom is -0.423 e. The molecule has 0 saturated heterocycles. The van der Waals surface area contributed by atoms with E-state index in [0.29, 0.717) is 5.46 Å². The second-order valence-corrected chi connectivity index (χ2v) is 5.71. The Kier molecular flexibility index (Phi) is 3.41. The first-order chi connectivity index (χ1) is 11.3. The van der Waals surface area contributed by atoms with Crippen LogP contribution in [0.25, 0.3) is 11.1 Å². The zero-order chi connectivity index (χ0) is 15.8. The van der Waals surface area contributed by atoms with E-state index in [4.69, 9.17) is 0 Å². The van der Waals surface area contributed by atoms with Crippen LogP contribution in [0.1, 0.15) is 17.2 Å². The second kappa shape index (κ2) is 5.58. The number of fused-ring (bicyclic) bond motifs is 3. The molecular weight excluding hydrogens is 285 g/mol. The van der Waals surface area contributed by atoms with Gasteiger partial charge in [0.1, 0.15) is 0 Å². The predicted octanol–water partition coefficient (Wildman–Crippen LogP) is 2.55. The molecule has 0 radical (unpaired) electrons. The Labute approximate surface area is 135 Å². The van der Waals surface area contributed by atoms with Crippen LogP contribution in [0, 0.1) is 0 Å². The van der Waals surface area contributed by atoms with Crippen molar-refractivity contribution in [2.45, 2.75) is 6.04 Å². The van der Waals surface area contributed by atoms with E-state index in [9.17, 15) is 10.0 Å². The van der Waals surface area contributed by atoms with Crippen LogP contribution >= 0.6 is 0 Å². The summed E-state index contributed by atoms with van der Waals surface area (Å²) in [5, 5.41) is 22.7. The molecule has 0 aliphatic heterocycles. The smallest absolute Gasteiger partial charge is 0.423 e. The van der Waals surface area contributed by atoms with E-state index >= 15 is 0 Å². The van der Waals surface area contributed by atoms with Crippen molar-refractivity contribution in [2.24, 2.45) is 0 Å². The van der Waals surface area contributed by atoms with Gasteiger partial charge in [-0.15, -0.1) is 0 Å². The molecule has 3 nitrogen and oxygen atoms in total. The highest BCUT2D eigenvalue weighted by molar-refractivity contribution is 6.60. The number of hydrogen-bond acceptors (Lipinski definition) is 3. The molecule has 0 saturated carbocycles. The highest BCUT2D eigenvalue weighted by Gasteiger charge is 2.29. The fraction of sp³-hybridized carbons (Fsp3) is 0.0526. The topological polar surface area (TPSA) is 52.5 Å². The van der Waals surface area contributed by atoms with E-state index in [1.807, 2.05) is 36.4 Å². The minimum atomic E-state index is -1.49. The molecule has 3 N–H and O–H groups in total. The van der Waals surface area contributed by atoms with Gasteiger partial charge < -0.3 is 15.4 Å². The van der Waals surface area contributed by atoms with Crippen molar-refractivity contribution in [3.63, 3.8) is 0 Å². The number of para-hydroxylation sites is 1. The lowest BCUT2D eigenvalue weighted by Gasteiger charge is -2.19. The summed E-state index contributed by atoms with van der Waals surface area (Å²) in [7, 11) is -1.49. The quantitative estimate of drug-likeness (QED) is 0.652. The van der Waals surface area contributed by atoms with E-state index in [2.05, 4.69) is 29.6 Å². The minimum absolute atomic E-state index is 0.00213. The molecule has 0 bridgehead atoms. The molecule has 0 spiro atoms. The van der Waals surface area contributed by atoms with Crippen LogP contribution < -0.4 is 10.8 Å². The summed E-state index contributed by atoms with van der Waals surface area (Å²) in [6, 6.07) is 23.9. The lowest BCUT2D eigenvalue weighted by atomic mass is 9.79. The van der Waals surface area contributed by atoms with Crippen LogP contribution in [0.5, 0.6) is 0 Å². The lowest BCUT2D eigenvalue weighted by molar-refractivity contribution is 0.426. The Bertz CT molecular complexity index is 818. The molecule has 0 fully saturated rings. The SMILES string of the molecule is OB(O)c1ccccc1NC1c2ccccc2-c2ccccc21. The maximum absolute atomic E-state index is 9.58. The summed E-state index contributed by atoms with van der Waals surface area (Å²) in [6.07, 6.45) is 0.